The molecule has 0 saturated carbocycles. The predicted molar refractivity (Wildman–Crippen MR) is 99.0 cm³/mol. The van der Waals surface area contributed by atoms with Crippen molar-refractivity contribution >= 4 is 29.5 Å². The van der Waals surface area contributed by atoms with Crippen LogP contribution in [0.5, 0.6) is 0 Å². The zero-order valence-corrected chi connectivity index (χ0v) is 16.2. The quantitative estimate of drug-likeness (QED) is 0.584. The Kier molecular flexibility index (Phi) is 5.88. The molecule has 1 aromatic rings. The van der Waals surface area contributed by atoms with Gasteiger partial charge >= 0.3 is 12.0 Å². The number of rotatable bonds is 6. The number of urea groups is 1. The Morgan fingerprint density at radius 3 is 2.52 bits per heavy atom. The minimum Gasteiger partial charge on any atom is -0.452 e. The highest BCUT2D eigenvalue weighted by Gasteiger charge is 2.44. The van der Waals surface area contributed by atoms with Gasteiger partial charge in [0, 0.05) is 12.2 Å². The average Bonchev–Trinajstić information content (AvgIpc) is 2.76. The summed E-state index contributed by atoms with van der Waals surface area (Å²) in [6, 6.07) is 5.12. The van der Waals surface area contributed by atoms with Crippen molar-refractivity contribution in [2.45, 2.75) is 52.7 Å². The molecular weight excluding hydrogens is 350 g/mol. The fourth-order valence-electron chi connectivity index (χ4n) is 2.64. The van der Waals surface area contributed by atoms with Crippen LogP contribution in [0.3, 0.4) is 0 Å². The smallest absolute Gasteiger partial charge is 0.325 e. The molecule has 1 saturated heterocycles. The highest BCUT2D eigenvalue weighted by Crippen LogP contribution is 2.18. The Hall–Kier alpha value is -2.90. The topological polar surface area (TPSA) is 105 Å². The van der Waals surface area contributed by atoms with Crippen LogP contribution in [0.1, 0.15) is 38.3 Å². The van der Waals surface area contributed by atoms with Crippen molar-refractivity contribution in [3.63, 3.8) is 0 Å². The molecule has 0 aliphatic carbocycles. The molecule has 4 amide bonds. The summed E-state index contributed by atoms with van der Waals surface area (Å²) in [6.45, 7) is 8.32. The van der Waals surface area contributed by atoms with Crippen molar-refractivity contribution in [1.82, 2.24) is 10.2 Å². The highest BCUT2D eigenvalue weighted by atomic mass is 16.5. The van der Waals surface area contributed by atoms with E-state index in [0.717, 1.165) is 16.0 Å². The number of anilines is 1. The Balaban J connectivity index is 1.86. The van der Waals surface area contributed by atoms with E-state index in [1.54, 1.807) is 13.8 Å². The summed E-state index contributed by atoms with van der Waals surface area (Å²) in [6.07, 6.45) is -1.19. The molecular formula is C19H25N3O5. The van der Waals surface area contributed by atoms with Gasteiger partial charge in [0.15, 0.2) is 6.10 Å². The molecule has 27 heavy (non-hydrogen) atoms. The summed E-state index contributed by atoms with van der Waals surface area (Å²) in [4.78, 5) is 49.1. The molecule has 0 radical (unpaired) electrons. The SMILES string of the molecule is Cc1ccc(C)c(NC(=O)C(C)OC(=O)CCN2C(=O)NC(C)(C)C2=O)c1. The van der Waals surface area contributed by atoms with Gasteiger partial charge in [0.1, 0.15) is 5.54 Å². The van der Waals surface area contributed by atoms with Crippen LogP contribution in [0.4, 0.5) is 10.5 Å². The maximum absolute atomic E-state index is 12.2. The van der Waals surface area contributed by atoms with E-state index in [-0.39, 0.29) is 13.0 Å². The van der Waals surface area contributed by atoms with Crippen LogP contribution in [0.25, 0.3) is 0 Å². The average molecular weight is 375 g/mol. The highest BCUT2D eigenvalue weighted by molar-refractivity contribution is 6.06. The van der Waals surface area contributed by atoms with Gasteiger partial charge in [-0.1, -0.05) is 12.1 Å². The molecule has 1 atom stereocenters. The van der Waals surface area contributed by atoms with E-state index < -0.39 is 35.5 Å². The van der Waals surface area contributed by atoms with Crippen LogP contribution in [0.2, 0.25) is 0 Å². The molecule has 2 N–H and O–H groups in total. The van der Waals surface area contributed by atoms with Gasteiger partial charge in [0.25, 0.3) is 11.8 Å². The number of nitrogens with one attached hydrogen (secondary N) is 2. The van der Waals surface area contributed by atoms with Crippen LogP contribution < -0.4 is 10.6 Å². The summed E-state index contributed by atoms with van der Waals surface area (Å²) in [5, 5.41) is 5.27. The minimum atomic E-state index is -1.00. The van der Waals surface area contributed by atoms with E-state index in [9.17, 15) is 19.2 Å². The van der Waals surface area contributed by atoms with Crippen molar-refractivity contribution in [3.05, 3.63) is 29.3 Å². The third-order valence-electron chi connectivity index (χ3n) is 4.31. The lowest BCUT2D eigenvalue weighted by atomic mass is 10.1. The number of nitrogens with zero attached hydrogens (tertiary/aromatic N) is 1. The number of ether oxygens (including phenoxy) is 1. The summed E-state index contributed by atoms with van der Waals surface area (Å²) in [5.74, 6) is -1.52. The van der Waals surface area contributed by atoms with Crippen LogP contribution >= 0.6 is 0 Å². The van der Waals surface area contributed by atoms with Gasteiger partial charge in [-0.15, -0.1) is 0 Å². The molecule has 1 aliphatic heterocycles. The molecule has 1 fully saturated rings. The van der Waals surface area contributed by atoms with Crippen LogP contribution in [-0.2, 0) is 19.1 Å². The second-order valence-electron chi connectivity index (χ2n) is 7.20. The van der Waals surface area contributed by atoms with Gasteiger partial charge in [0.2, 0.25) is 0 Å². The molecule has 8 nitrogen and oxygen atoms in total. The minimum absolute atomic E-state index is 0.0990. The predicted octanol–water partition coefficient (Wildman–Crippen LogP) is 1.89. The van der Waals surface area contributed by atoms with E-state index in [0.29, 0.717) is 5.69 Å². The molecule has 0 bridgehead atoms. The Morgan fingerprint density at radius 1 is 1.26 bits per heavy atom. The molecule has 8 heteroatoms. The lowest BCUT2D eigenvalue weighted by Crippen LogP contribution is -2.40. The maximum atomic E-state index is 12.2. The maximum Gasteiger partial charge on any atom is 0.325 e. The van der Waals surface area contributed by atoms with Gasteiger partial charge < -0.3 is 15.4 Å². The zero-order chi connectivity index (χ0) is 20.4. The van der Waals surface area contributed by atoms with Crippen LogP contribution in [0.15, 0.2) is 18.2 Å². The van der Waals surface area contributed by atoms with E-state index in [4.69, 9.17) is 4.74 Å². The van der Waals surface area contributed by atoms with Crippen molar-refractivity contribution in [2.24, 2.45) is 0 Å². The number of amides is 4. The number of aryl methyl sites for hydroxylation is 2. The Bertz CT molecular complexity index is 788. The van der Waals surface area contributed by atoms with Gasteiger partial charge in [0.05, 0.1) is 6.42 Å². The lowest BCUT2D eigenvalue weighted by Gasteiger charge is -2.17. The molecule has 146 valence electrons. The largest absolute Gasteiger partial charge is 0.452 e. The standard InChI is InChI=1S/C19H25N3O5/c1-11-6-7-12(2)14(10-11)20-16(24)13(3)27-15(23)8-9-22-17(25)19(4,5)21-18(22)26/h6-7,10,13H,8-9H2,1-5H3,(H,20,24)(H,21,26). The number of benzene rings is 1. The molecule has 2 rings (SSSR count). The van der Waals surface area contributed by atoms with Crippen LogP contribution in [0, 0.1) is 13.8 Å². The molecule has 0 spiro atoms. The third-order valence-corrected chi connectivity index (χ3v) is 4.31. The Morgan fingerprint density at radius 2 is 1.93 bits per heavy atom. The number of carbonyl (C=O) groups excluding carboxylic acids is 4. The number of imide groups is 1. The second-order valence-corrected chi connectivity index (χ2v) is 7.20. The summed E-state index contributed by atoms with van der Waals surface area (Å²) < 4.78 is 5.12. The van der Waals surface area contributed by atoms with E-state index in [1.165, 1.54) is 6.92 Å². The van der Waals surface area contributed by atoms with E-state index in [2.05, 4.69) is 10.6 Å². The van der Waals surface area contributed by atoms with Gasteiger partial charge in [-0.05, 0) is 51.8 Å². The first-order valence-electron chi connectivity index (χ1n) is 8.73. The number of esters is 1. The summed E-state index contributed by atoms with van der Waals surface area (Å²) in [7, 11) is 0. The summed E-state index contributed by atoms with van der Waals surface area (Å²) in [5.41, 5.74) is 1.56. The van der Waals surface area contributed by atoms with Crippen molar-refractivity contribution < 1.29 is 23.9 Å². The van der Waals surface area contributed by atoms with Gasteiger partial charge in [-0.25, -0.2) is 4.79 Å². The zero-order valence-electron chi connectivity index (χ0n) is 16.2. The van der Waals surface area contributed by atoms with Gasteiger partial charge in [-0.3, -0.25) is 19.3 Å². The third kappa shape index (κ3) is 4.84. The first-order chi connectivity index (χ1) is 12.5. The number of hydrogen-bond donors (Lipinski definition) is 2. The lowest BCUT2D eigenvalue weighted by molar-refractivity contribution is -0.153. The fraction of sp³-hybridized carbons (Fsp3) is 0.474. The van der Waals surface area contributed by atoms with Crippen molar-refractivity contribution in [2.75, 3.05) is 11.9 Å². The van der Waals surface area contributed by atoms with Gasteiger partial charge in [-0.2, -0.15) is 0 Å². The Labute approximate surface area is 158 Å². The molecule has 0 aromatic heterocycles. The second kappa shape index (κ2) is 7.77. The van der Waals surface area contributed by atoms with Crippen molar-refractivity contribution in [3.8, 4) is 0 Å². The normalized spacial score (nSPS) is 16.7. The van der Waals surface area contributed by atoms with Crippen LogP contribution in [-0.4, -0.2) is 46.9 Å². The first kappa shape index (κ1) is 20.4. The monoisotopic (exact) mass is 375 g/mol. The molecule has 1 heterocycles. The van der Waals surface area contributed by atoms with E-state index >= 15 is 0 Å². The summed E-state index contributed by atoms with van der Waals surface area (Å²) >= 11 is 0. The van der Waals surface area contributed by atoms with Crippen molar-refractivity contribution in [1.29, 1.82) is 0 Å². The molecule has 1 aromatic carbocycles. The molecule has 1 unspecified atom stereocenters. The van der Waals surface area contributed by atoms with E-state index in [1.807, 2.05) is 32.0 Å². The fourth-order valence-corrected chi connectivity index (χ4v) is 2.64. The number of carbonyl (C=O) groups is 4. The molecule has 1 aliphatic rings. The number of hydrogen-bond acceptors (Lipinski definition) is 5. The first-order valence-corrected chi connectivity index (χ1v) is 8.73.